The lowest BCUT2D eigenvalue weighted by molar-refractivity contribution is 0.386. The highest BCUT2D eigenvalue weighted by molar-refractivity contribution is 7.89. The third-order valence-electron chi connectivity index (χ3n) is 4.53. The Morgan fingerprint density at radius 1 is 1.04 bits per heavy atom. The SMILES string of the molecule is O=S(=O)(c1ccc(F)c(F)c1)N1CCc2nc(-c3ccc(Cl)cc3)ncc2C1. The standard InChI is InChI=1S/C19H14ClF2N3O2S/c20-14-3-1-12(2-4-14)19-23-10-13-11-25(8-7-18(13)24-19)28(26,27)15-5-6-16(21)17(22)9-15/h1-6,9-10H,7-8,11H2. The molecule has 0 N–H and O–H groups in total. The van der Waals surface area contributed by atoms with Gasteiger partial charge in [0.25, 0.3) is 0 Å². The van der Waals surface area contributed by atoms with E-state index in [1.54, 1.807) is 18.3 Å². The van der Waals surface area contributed by atoms with Crippen LogP contribution in [-0.2, 0) is 23.0 Å². The summed E-state index contributed by atoms with van der Waals surface area (Å²) in [6.07, 6.45) is 1.99. The lowest BCUT2D eigenvalue weighted by Gasteiger charge is -2.27. The van der Waals surface area contributed by atoms with Crippen molar-refractivity contribution in [2.24, 2.45) is 0 Å². The predicted molar refractivity (Wildman–Crippen MR) is 100 cm³/mol. The van der Waals surface area contributed by atoms with Gasteiger partial charge in [0, 0.05) is 41.9 Å². The second kappa shape index (κ2) is 7.20. The summed E-state index contributed by atoms with van der Waals surface area (Å²) >= 11 is 5.89. The van der Waals surface area contributed by atoms with E-state index >= 15 is 0 Å². The van der Waals surface area contributed by atoms with Crippen LogP contribution >= 0.6 is 11.6 Å². The van der Waals surface area contributed by atoms with Crippen molar-refractivity contribution < 1.29 is 17.2 Å². The molecular formula is C19H14ClF2N3O2S. The van der Waals surface area contributed by atoms with Gasteiger partial charge in [0.1, 0.15) is 0 Å². The van der Waals surface area contributed by atoms with Gasteiger partial charge in [-0.1, -0.05) is 11.6 Å². The molecule has 0 saturated heterocycles. The highest BCUT2D eigenvalue weighted by Crippen LogP contribution is 2.26. The minimum Gasteiger partial charge on any atom is -0.236 e. The van der Waals surface area contributed by atoms with Gasteiger partial charge in [-0.05, 0) is 42.5 Å². The number of halogens is 3. The molecule has 0 saturated carbocycles. The van der Waals surface area contributed by atoms with Crippen LogP contribution in [0.25, 0.3) is 11.4 Å². The minimum atomic E-state index is -3.95. The quantitative estimate of drug-likeness (QED) is 0.645. The van der Waals surface area contributed by atoms with Crippen LogP contribution in [-0.4, -0.2) is 29.2 Å². The average molecular weight is 422 g/mol. The molecule has 144 valence electrons. The van der Waals surface area contributed by atoms with E-state index < -0.39 is 21.7 Å². The molecular weight excluding hydrogens is 408 g/mol. The monoisotopic (exact) mass is 421 g/mol. The molecule has 0 fully saturated rings. The van der Waals surface area contributed by atoms with Crippen LogP contribution in [0.2, 0.25) is 5.02 Å². The maximum absolute atomic E-state index is 13.5. The van der Waals surface area contributed by atoms with Crippen molar-refractivity contribution in [3.05, 3.63) is 76.6 Å². The van der Waals surface area contributed by atoms with Gasteiger partial charge in [0.15, 0.2) is 17.5 Å². The molecule has 0 amide bonds. The van der Waals surface area contributed by atoms with Gasteiger partial charge >= 0.3 is 0 Å². The van der Waals surface area contributed by atoms with Crippen LogP contribution in [0.5, 0.6) is 0 Å². The Morgan fingerprint density at radius 2 is 1.79 bits per heavy atom. The van der Waals surface area contributed by atoms with E-state index in [1.807, 2.05) is 12.1 Å². The topological polar surface area (TPSA) is 63.2 Å². The van der Waals surface area contributed by atoms with Gasteiger partial charge in [-0.15, -0.1) is 0 Å². The van der Waals surface area contributed by atoms with Crippen LogP contribution in [0, 0.1) is 11.6 Å². The molecule has 9 heteroatoms. The zero-order valence-electron chi connectivity index (χ0n) is 14.4. The first kappa shape index (κ1) is 18.9. The van der Waals surface area contributed by atoms with E-state index in [9.17, 15) is 17.2 Å². The number of hydrogen-bond acceptors (Lipinski definition) is 4. The van der Waals surface area contributed by atoms with E-state index in [-0.39, 0.29) is 18.0 Å². The van der Waals surface area contributed by atoms with Crippen LogP contribution in [0.15, 0.2) is 53.6 Å². The van der Waals surface area contributed by atoms with Gasteiger partial charge < -0.3 is 0 Å². The van der Waals surface area contributed by atoms with Crippen molar-refractivity contribution >= 4 is 21.6 Å². The maximum Gasteiger partial charge on any atom is 0.243 e. The first-order chi connectivity index (χ1) is 13.3. The maximum atomic E-state index is 13.5. The Bertz CT molecular complexity index is 1150. The summed E-state index contributed by atoms with van der Waals surface area (Å²) < 4.78 is 53.3. The smallest absolute Gasteiger partial charge is 0.236 e. The summed E-state index contributed by atoms with van der Waals surface area (Å²) in [5, 5.41) is 0.611. The van der Waals surface area contributed by atoms with Crippen molar-refractivity contribution in [1.29, 1.82) is 0 Å². The first-order valence-electron chi connectivity index (χ1n) is 8.40. The molecule has 1 aliphatic heterocycles. The fourth-order valence-electron chi connectivity index (χ4n) is 3.02. The third kappa shape index (κ3) is 3.50. The van der Waals surface area contributed by atoms with Crippen LogP contribution in [0.1, 0.15) is 11.3 Å². The second-order valence-corrected chi connectivity index (χ2v) is 8.71. The number of fused-ring (bicyclic) bond motifs is 1. The molecule has 0 bridgehead atoms. The van der Waals surface area contributed by atoms with E-state index in [4.69, 9.17) is 11.6 Å². The molecule has 0 aliphatic carbocycles. The Morgan fingerprint density at radius 3 is 2.50 bits per heavy atom. The van der Waals surface area contributed by atoms with Crippen LogP contribution in [0.3, 0.4) is 0 Å². The summed E-state index contributed by atoms with van der Waals surface area (Å²) in [4.78, 5) is 8.58. The fourth-order valence-corrected chi connectivity index (χ4v) is 4.58. The highest BCUT2D eigenvalue weighted by Gasteiger charge is 2.30. The van der Waals surface area contributed by atoms with Crippen molar-refractivity contribution in [3.8, 4) is 11.4 Å². The van der Waals surface area contributed by atoms with E-state index in [0.717, 1.165) is 23.4 Å². The zero-order valence-corrected chi connectivity index (χ0v) is 16.0. The number of aromatic nitrogens is 2. The molecule has 2 heterocycles. The molecule has 0 radical (unpaired) electrons. The number of hydrogen-bond donors (Lipinski definition) is 0. The summed E-state index contributed by atoms with van der Waals surface area (Å²) in [6.45, 7) is 0.253. The van der Waals surface area contributed by atoms with Crippen molar-refractivity contribution in [3.63, 3.8) is 0 Å². The van der Waals surface area contributed by atoms with Crippen molar-refractivity contribution in [1.82, 2.24) is 14.3 Å². The molecule has 0 spiro atoms. The van der Waals surface area contributed by atoms with Crippen LogP contribution in [0.4, 0.5) is 8.78 Å². The Balaban J connectivity index is 1.61. The molecule has 0 atom stereocenters. The van der Waals surface area contributed by atoms with Gasteiger partial charge in [-0.25, -0.2) is 27.2 Å². The second-order valence-electron chi connectivity index (χ2n) is 6.34. The molecule has 4 rings (SSSR count). The van der Waals surface area contributed by atoms with Crippen molar-refractivity contribution in [2.45, 2.75) is 17.9 Å². The lowest BCUT2D eigenvalue weighted by atomic mass is 10.1. The highest BCUT2D eigenvalue weighted by atomic mass is 35.5. The Labute approximate surface area is 165 Å². The normalized spacial score (nSPS) is 14.7. The average Bonchev–Trinajstić information content (AvgIpc) is 2.69. The first-order valence-corrected chi connectivity index (χ1v) is 10.2. The Kier molecular flexibility index (Phi) is 4.86. The summed E-state index contributed by atoms with van der Waals surface area (Å²) in [5.41, 5.74) is 2.25. The molecule has 28 heavy (non-hydrogen) atoms. The number of sulfonamides is 1. The van der Waals surface area contributed by atoms with Crippen LogP contribution < -0.4 is 0 Å². The summed E-state index contributed by atoms with van der Waals surface area (Å²) in [6, 6.07) is 9.68. The predicted octanol–water partition coefficient (Wildman–Crippen LogP) is 3.82. The number of rotatable bonds is 3. The lowest BCUT2D eigenvalue weighted by Crippen LogP contribution is -2.36. The van der Waals surface area contributed by atoms with Gasteiger partial charge in [-0.2, -0.15) is 4.31 Å². The molecule has 1 aliphatic rings. The minimum absolute atomic E-state index is 0.0670. The van der Waals surface area contributed by atoms with Gasteiger partial charge in [-0.3, -0.25) is 0 Å². The fraction of sp³-hybridized carbons (Fsp3) is 0.158. The zero-order chi connectivity index (χ0) is 19.9. The third-order valence-corrected chi connectivity index (χ3v) is 6.62. The molecule has 5 nitrogen and oxygen atoms in total. The van der Waals surface area contributed by atoms with E-state index in [0.29, 0.717) is 28.9 Å². The van der Waals surface area contributed by atoms with E-state index in [2.05, 4.69) is 9.97 Å². The Hall–Kier alpha value is -2.42. The van der Waals surface area contributed by atoms with Gasteiger partial charge in [0.2, 0.25) is 10.0 Å². The molecule has 2 aromatic carbocycles. The van der Waals surface area contributed by atoms with Crippen molar-refractivity contribution in [2.75, 3.05) is 6.54 Å². The largest absolute Gasteiger partial charge is 0.243 e. The molecule has 0 unspecified atom stereocenters. The van der Waals surface area contributed by atoms with E-state index in [1.165, 1.54) is 4.31 Å². The molecule has 3 aromatic rings. The number of benzene rings is 2. The van der Waals surface area contributed by atoms with Gasteiger partial charge in [0.05, 0.1) is 10.6 Å². The molecule has 1 aromatic heterocycles. The summed E-state index contributed by atoms with van der Waals surface area (Å²) in [7, 11) is -3.95. The number of nitrogens with zero attached hydrogens (tertiary/aromatic N) is 3. The summed E-state index contributed by atoms with van der Waals surface area (Å²) in [5.74, 6) is -1.76.